The fourth-order valence-corrected chi connectivity index (χ4v) is 6.62. The molecule has 0 unspecified atom stereocenters. The van der Waals surface area contributed by atoms with Gasteiger partial charge in [0.1, 0.15) is 0 Å². The molecule has 0 N–H and O–H groups in total. The molecular formula is C28H34SiZr. The molecule has 1 heterocycles. The summed E-state index contributed by atoms with van der Waals surface area (Å²) >= 11 is 1.85. The molecule has 0 radical (unpaired) electrons. The van der Waals surface area contributed by atoms with E-state index >= 15 is 0 Å². The number of hydrogen-bond donors (Lipinski definition) is 0. The van der Waals surface area contributed by atoms with Crippen LogP contribution in [0.25, 0.3) is 21.5 Å². The van der Waals surface area contributed by atoms with Crippen molar-refractivity contribution in [1.82, 2.24) is 0 Å². The van der Waals surface area contributed by atoms with Gasteiger partial charge in [0, 0.05) is 0 Å². The van der Waals surface area contributed by atoms with Crippen LogP contribution in [-0.4, -0.2) is 5.43 Å². The van der Waals surface area contributed by atoms with E-state index in [9.17, 15) is 0 Å². The van der Waals surface area contributed by atoms with Crippen LogP contribution in [0.1, 0.15) is 59.1 Å². The zero-order chi connectivity index (χ0) is 21.9. The minimum absolute atomic E-state index is 0.203. The van der Waals surface area contributed by atoms with Crippen molar-refractivity contribution in [2.75, 3.05) is 0 Å². The van der Waals surface area contributed by atoms with Crippen molar-refractivity contribution in [3.05, 3.63) is 77.9 Å². The Labute approximate surface area is 198 Å². The van der Waals surface area contributed by atoms with Gasteiger partial charge >= 0.3 is 40.9 Å². The van der Waals surface area contributed by atoms with E-state index in [1.807, 2.05) is 35.5 Å². The van der Waals surface area contributed by atoms with E-state index in [0.717, 1.165) is 6.42 Å². The monoisotopic (exact) mass is 488 g/mol. The number of hydrogen-bond acceptors (Lipinski definition) is 0. The maximum atomic E-state index is 2.99. The molecule has 3 aromatic rings. The van der Waals surface area contributed by atoms with Gasteiger partial charge in [-0.15, -0.1) is 46.2 Å². The molecule has 0 bridgehead atoms. The van der Waals surface area contributed by atoms with Crippen LogP contribution < -0.4 is 0 Å². The zero-order valence-corrected chi connectivity index (χ0v) is 22.9. The van der Waals surface area contributed by atoms with Crippen LogP contribution in [0.2, 0.25) is 12.1 Å². The van der Waals surface area contributed by atoms with Crippen LogP contribution in [0, 0.1) is 6.08 Å². The third kappa shape index (κ3) is 6.44. The van der Waals surface area contributed by atoms with Gasteiger partial charge in [0.2, 0.25) is 0 Å². The van der Waals surface area contributed by atoms with Crippen molar-refractivity contribution >= 4 is 27.0 Å². The van der Waals surface area contributed by atoms with Gasteiger partial charge in [0.15, 0.2) is 0 Å². The average Bonchev–Trinajstić information content (AvgIpc) is 3.15. The first kappa shape index (κ1) is 23.6. The Hall–Kier alpha value is -1.11. The molecule has 1 aliphatic carbocycles. The molecule has 154 valence electrons. The fourth-order valence-electron chi connectivity index (χ4n) is 3.36. The first-order chi connectivity index (χ1) is 14.1. The number of allylic oxidation sites excluding steroid dienone is 4. The van der Waals surface area contributed by atoms with Crippen molar-refractivity contribution in [1.29, 1.82) is 0 Å². The topological polar surface area (TPSA) is 0 Å². The summed E-state index contributed by atoms with van der Waals surface area (Å²) < 4.78 is 0. The average molecular weight is 490 g/mol. The molecule has 1 fully saturated rings. The SMILES string of the molecule is CC(C)(C)c1ccc2c(c1)[cH-]c1cc(C(C)(C)C)ccc12.[C-]1=CC=CC1.[Zr+2]=[Si]1CC1. The molecule has 0 atom stereocenters. The van der Waals surface area contributed by atoms with E-state index in [1.165, 1.54) is 32.7 Å². The Morgan fingerprint density at radius 1 is 0.833 bits per heavy atom. The normalized spacial score (nSPS) is 15.1. The summed E-state index contributed by atoms with van der Waals surface area (Å²) in [4.78, 5) is 0. The quantitative estimate of drug-likeness (QED) is 0.221. The second kappa shape index (κ2) is 9.58. The molecule has 30 heavy (non-hydrogen) atoms. The summed E-state index contributed by atoms with van der Waals surface area (Å²) in [5.74, 6) is 0. The van der Waals surface area contributed by atoms with E-state index in [0.29, 0.717) is 5.43 Å². The van der Waals surface area contributed by atoms with E-state index < -0.39 is 0 Å². The summed E-state index contributed by atoms with van der Waals surface area (Å²) in [6.45, 7) is 13.6. The summed E-state index contributed by atoms with van der Waals surface area (Å²) in [5.41, 5.74) is 3.67. The summed E-state index contributed by atoms with van der Waals surface area (Å²) in [5, 5.41) is 5.48. The van der Waals surface area contributed by atoms with Gasteiger partial charge in [-0.1, -0.05) is 76.9 Å². The van der Waals surface area contributed by atoms with Gasteiger partial charge < -0.3 is 0 Å². The Balaban J connectivity index is 0.000000233. The van der Waals surface area contributed by atoms with Crippen LogP contribution in [0.5, 0.6) is 0 Å². The molecule has 0 aromatic heterocycles. The van der Waals surface area contributed by atoms with Gasteiger partial charge in [-0.25, -0.2) is 12.2 Å². The van der Waals surface area contributed by atoms with Crippen LogP contribution >= 0.6 is 0 Å². The summed E-state index contributed by atoms with van der Waals surface area (Å²) in [6, 6.07) is 19.4. The Bertz CT molecular complexity index is 1010. The molecule has 3 aromatic carbocycles. The van der Waals surface area contributed by atoms with Gasteiger partial charge in [-0.2, -0.15) is 6.08 Å². The first-order valence-electron chi connectivity index (χ1n) is 11.0. The van der Waals surface area contributed by atoms with Gasteiger partial charge in [-0.05, 0) is 10.8 Å². The number of fused-ring (bicyclic) bond motifs is 3. The van der Waals surface area contributed by atoms with Gasteiger partial charge in [-0.3, -0.25) is 6.08 Å². The van der Waals surface area contributed by atoms with Crippen molar-refractivity contribution in [3.8, 4) is 0 Å². The van der Waals surface area contributed by atoms with E-state index in [4.69, 9.17) is 0 Å². The summed E-state index contributed by atoms with van der Waals surface area (Å²) in [6.07, 6.45) is 10.0. The molecule has 2 heteroatoms. The van der Waals surface area contributed by atoms with Crippen molar-refractivity contribution in [2.24, 2.45) is 0 Å². The molecule has 0 saturated carbocycles. The molecule has 0 nitrogen and oxygen atoms in total. The third-order valence-corrected chi connectivity index (χ3v) is 10.2. The molecule has 1 saturated heterocycles. The minimum atomic E-state index is 0.203. The first-order valence-corrected chi connectivity index (χ1v) is 16.6. The summed E-state index contributed by atoms with van der Waals surface area (Å²) in [7, 11) is 0. The van der Waals surface area contributed by atoms with Crippen molar-refractivity contribution in [2.45, 2.75) is 70.9 Å². The van der Waals surface area contributed by atoms with Gasteiger partial charge in [0.05, 0.1) is 0 Å². The van der Waals surface area contributed by atoms with E-state index in [-0.39, 0.29) is 10.8 Å². The Morgan fingerprint density at radius 3 is 1.57 bits per heavy atom. The molecule has 0 spiro atoms. The number of rotatable bonds is 0. The van der Waals surface area contributed by atoms with Gasteiger partial charge in [0.25, 0.3) is 0 Å². The van der Waals surface area contributed by atoms with Crippen molar-refractivity contribution < 1.29 is 23.3 Å². The molecule has 1 aliphatic heterocycles. The molecule has 2 aliphatic rings. The molecular weight excluding hydrogens is 456 g/mol. The van der Waals surface area contributed by atoms with E-state index in [2.05, 4.69) is 96.2 Å². The predicted octanol–water partition coefficient (Wildman–Crippen LogP) is 8.15. The molecule has 5 rings (SSSR count). The number of benzene rings is 2. The second-order valence-electron chi connectivity index (χ2n) is 10.4. The second-order valence-corrected chi connectivity index (χ2v) is 17.8. The predicted molar refractivity (Wildman–Crippen MR) is 131 cm³/mol. The Morgan fingerprint density at radius 2 is 1.30 bits per heavy atom. The fraction of sp³-hybridized carbons (Fsp3) is 0.393. The standard InChI is InChI=1S/C21H25.C5H5.C2H4Si.Zr/c1-20(2,3)16-7-9-18-14(12-16)11-15-13-17(21(4,5)6)8-10-19(15)18;1-2-4-5-3-1;1-2-3-1;/h7-13H,1-6H3;1-3H,4H2;1-2H2;/q2*-1;;+2. The molecule has 0 amide bonds. The third-order valence-electron chi connectivity index (χ3n) is 5.52. The maximum absolute atomic E-state index is 2.99. The zero-order valence-electron chi connectivity index (χ0n) is 19.4. The Kier molecular flexibility index (Phi) is 7.52. The van der Waals surface area contributed by atoms with E-state index in [1.54, 1.807) is 12.1 Å². The van der Waals surface area contributed by atoms with Crippen LogP contribution in [0.3, 0.4) is 0 Å². The van der Waals surface area contributed by atoms with Crippen LogP contribution in [0.4, 0.5) is 0 Å². The van der Waals surface area contributed by atoms with Crippen LogP contribution in [0.15, 0.2) is 60.7 Å². The van der Waals surface area contributed by atoms with Crippen molar-refractivity contribution in [3.63, 3.8) is 0 Å². The van der Waals surface area contributed by atoms with Crippen LogP contribution in [-0.2, 0) is 34.2 Å².